The molecule has 0 saturated heterocycles. The number of methoxy groups -OCH3 is 2. The zero-order chi connectivity index (χ0) is 14.1. The molecule has 106 valence electrons. The third-order valence-corrected chi connectivity index (χ3v) is 3.23. The monoisotopic (exact) mass is 378 g/mol. The number of hydrogen-bond acceptors (Lipinski definition) is 3. The SMILES string of the molecule is COCCN(CCOC)C(=O)Nc1ccc(I)cc1. The molecule has 0 fully saturated rings. The molecule has 5 nitrogen and oxygen atoms in total. The van der Waals surface area contributed by atoms with Crippen molar-refractivity contribution in [3.63, 3.8) is 0 Å². The van der Waals surface area contributed by atoms with Crippen LogP contribution in [0.2, 0.25) is 0 Å². The molecule has 0 aliphatic carbocycles. The number of hydrogen-bond donors (Lipinski definition) is 1. The minimum absolute atomic E-state index is 0.143. The minimum atomic E-state index is -0.143. The Kier molecular flexibility index (Phi) is 7.76. The number of anilines is 1. The van der Waals surface area contributed by atoms with Crippen molar-refractivity contribution in [1.29, 1.82) is 0 Å². The standard InChI is InChI=1S/C13H19IN2O3/c1-18-9-7-16(8-10-19-2)13(17)15-12-5-3-11(14)4-6-12/h3-6H,7-10H2,1-2H3,(H,15,17). The zero-order valence-corrected chi connectivity index (χ0v) is 13.3. The van der Waals surface area contributed by atoms with Gasteiger partial charge in [-0.1, -0.05) is 0 Å². The first kappa shape index (κ1) is 16.2. The van der Waals surface area contributed by atoms with Gasteiger partial charge >= 0.3 is 6.03 Å². The first-order valence-electron chi connectivity index (χ1n) is 5.96. The highest BCUT2D eigenvalue weighted by atomic mass is 127. The molecule has 1 aromatic rings. The minimum Gasteiger partial charge on any atom is -0.383 e. The Balaban J connectivity index is 2.56. The van der Waals surface area contributed by atoms with E-state index in [0.29, 0.717) is 26.3 Å². The third kappa shape index (κ3) is 6.22. The van der Waals surface area contributed by atoms with Gasteiger partial charge in [-0.05, 0) is 46.9 Å². The van der Waals surface area contributed by atoms with Gasteiger partial charge in [0, 0.05) is 36.6 Å². The van der Waals surface area contributed by atoms with Gasteiger partial charge in [0.05, 0.1) is 13.2 Å². The molecule has 19 heavy (non-hydrogen) atoms. The van der Waals surface area contributed by atoms with Crippen LogP contribution in [-0.2, 0) is 9.47 Å². The molecule has 0 bridgehead atoms. The van der Waals surface area contributed by atoms with Gasteiger partial charge in [-0.25, -0.2) is 4.79 Å². The lowest BCUT2D eigenvalue weighted by Crippen LogP contribution is -2.39. The molecule has 0 spiro atoms. The molecule has 0 radical (unpaired) electrons. The van der Waals surface area contributed by atoms with E-state index in [1.165, 1.54) is 0 Å². The first-order chi connectivity index (χ1) is 9.17. The summed E-state index contributed by atoms with van der Waals surface area (Å²) >= 11 is 2.22. The number of halogens is 1. The quantitative estimate of drug-likeness (QED) is 0.742. The van der Waals surface area contributed by atoms with E-state index in [-0.39, 0.29) is 6.03 Å². The molecule has 0 aliphatic heterocycles. The first-order valence-corrected chi connectivity index (χ1v) is 7.04. The predicted octanol–water partition coefficient (Wildman–Crippen LogP) is 2.42. The Labute approximate surface area is 127 Å². The second kappa shape index (κ2) is 9.11. The van der Waals surface area contributed by atoms with Gasteiger partial charge in [0.15, 0.2) is 0 Å². The Morgan fingerprint density at radius 3 is 2.16 bits per heavy atom. The van der Waals surface area contributed by atoms with E-state index in [4.69, 9.17) is 9.47 Å². The van der Waals surface area contributed by atoms with Gasteiger partial charge < -0.3 is 19.7 Å². The molecule has 0 aromatic heterocycles. The summed E-state index contributed by atoms with van der Waals surface area (Å²) in [4.78, 5) is 13.8. The van der Waals surface area contributed by atoms with E-state index in [1.54, 1.807) is 19.1 Å². The van der Waals surface area contributed by atoms with Crippen LogP contribution in [0.4, 0.5) is 10.5 Å². The zero-order valence-electron chi connectivity index (χ0n) is 11.2. The Morgan fingerprint density at radius 1 is 1.16 bits per heavy atom. The molecule has 0 saturated carbocycles. The summed E-state index contributed by atoms with van der Waals surface area (Å²) < 4.78 is 11.1. The van der Waals surface area contributed by atoms with Gasteiger partial charge in [-0.3, -0.25) is 0 Å². The number of carbonyl (C=O) groups is 1. The van der Waals surface area contributed by atoms with Crippen molar-refractivity contribution < 1.29 is 14.3 Å². The van der Waals surface area contributed by atoms with E-state index in [1.807, 2.05) is 24.3 Å². The fourth-order valence-corrected chi connectivity index (χ4v) is 1.81. The van der Waals surface area contributed by atoms with Gasteiger partial charge in [0.25, 0.3) is 0 Å². The summed E-state index contributed by atoms with van der Waals surface area (Å²) in [6, 6.07) is 7.51. The topological polar surface area (TPSA) is 50.8 Å². The van der Waals surface area contributed by atoms with Crippen LogP contribution in [0.1, 0.15) is 0 Å². The number of amides is 2. The van der Waals surface area contributed by atoms with E-state index >= 15 is 0 Å². The summed E-state index contributed by atoms with van der Waals surface area (Å²) in [5.41, 5.74) is 0.783. The summed E-state index contributed by atoms with van der Waals surface area (Å²) in [6.45, 7) is 2.08. The molecular weight excluding hydrogens is 359 g/mol. The van der Waals surface area contributed by atoms with Crippen LogP contribution in [0.15, 0.2) is 24.3 Å². The largest absolute Gasteiger partial charge is 0.383 e. The number of urea groups is 1. The summed E-state index contributed by atoms with van der Waals surface area (Å²) in [6.07, 6.45) is 0. The molecule has 2 amide bonds. The molecule has 1 N–H and O–H groups in total. The molecule has 6 heteroatoms. The maximum atomic E-state index is 12.1. The second-order valence-electron chi connectivity index (χ2n) is 3.91. The highest BCUT2D eigenvalue weighted by molar-refractivity contribution is 14.1. The van der Waals surface area contributed by atoms with E-state index < -0.39 is 0 Å². The van der Waals surface area contributed by atoms with Crippen molar-refractivity contribution in [1.82, 2.24) is 4.90 Å². The number of benzene rings is 1. The number of nitrogens with one attached hydrogen (secondary N) is 1. The van der Waals surface area contributed by atoms with Crippen LogP contribution < -0.4 is 5.32 Å². The third-order valence-electron chi connectivity index (χ3n) is 2.51. The predicted molar refractivity (Wildman–Crippen MR) is 83.5 cm³/mol. The van der Waals surface area contributed by atoms with Crippen LogP contribution >= 0.6 is 22.6 Å². The van der Waals surface area contributed by atoms with Crippen molar-refractivity contribution in [3.8, 4) is 0 Å². The number of nitrogens with zero attached hydrogens (tertiary/aromatic N) is 1. The Morgan fingerprint density at radius 2 is 1.68 bits per heavy atom. The molecule has 1 rings (SSSR count). The van der Waals surface area contributed by atoms with Gasteiger partial charge in [0.2, 0.25) is 0 Å². The average Bonchev–Trinajstić information content (AvgIpc) is 2.41. The van der Waals surface area contributed by atoms with Crippen molar-refractivity contribution in [2.24, 2.45) is 0 Å². The highest BCUT2D eigenvalue weighted by Gasteiger charge is 2.12. The molecule has 1 aromatic carbocycles. The number of ether oxygens (including phenoxy) is 2. The number of rotatable bonds is 7. The Hall–Kier alpha value is -0.860. The van der Waals surface area contributed by atoms with Crippen LogP contribution in [0, 0.1) is 3.57 Å². The van der Waals surface area contributed by atoms with Crippen LogP contribution in [0.5, 0.6) is 0 Å². The molecule has 0 aliphatic rings. The molecule has 0 heterocycles. The smallest absolute Gasteiger partial charge is 0.321 e. The van der Waals surface area contributed by atoms with E-state index in [2.05, 4.69) is 27.9 Å². The molecule has 0 atom stereocenters. The van der Waals surface area contributed by atoms with Gasteiger partial charge in [0.1, 0.15) is 0 Å². The Bertz CT molecular complexity index is 376. The lowest BCUT2D eigenvalue weighted by atomic mass is 10.3. The van der Waals surface area contributed by atoms with E-state index in [0.717, 1.165) is 9.26 Å². The molecular formula is C13H19IN2O3. The molecule has 0 unspecified atom stereocenters. The van der Waals surface area contributed by atoms with Crippen LogP contribution in [-0.4, -0.2) is 51.5 Å². The van der Waals surface area contributed by atoms with Crippen molar-refractivity contribution in [3.05, 3.63) is 27.8 Å². The summed E-state index contributed by atoms with van der Waals surface area (Å²) in [7, 11) is 3.23. The lowest BCUT2D eigenvalue weighted by molar-refractivity contribution is 0.127. The average molecular weight is 378 g/mol. The number of carbonyl (C=O) groups excluding carboxylic acids is 1. The van der Waals surface area contributed by atoms with Gasteiger partial charge in [-0.15, -0.1) is 0 Å². The summed E-state index contributed by atoms with van der Waals surface area (Å²) in [5, 5.41) is 2.86. The van der Waals surface area contributed by atoms with Crippen molar-refractivity contribution in [2.45, 2.75) is 0 Å². The fourth-order valence-electron chi connectivity index (χ4n) is 1.45. The second-order valence-corrected chi connectivity index (χ2v) is 5.16. The highest BCUT2D eigenvalue weighted by Crippen LogP contribution is 2.11. The van der Waals surface area contributed by atoms with Gasteiger partial charge in [-0.2, -0.15) is 0 Å². The van der Waals surface area contributed by atoms with E-state index in [9.17, 15) is 4.79 Å². The van der Waals surface area contributed by atoms with Crippen molar-refractivity contribution >= 4 is 34.3 Å². The normalized spacial score (nSPS) is 10.3. The maximum absolute atomic E-state index is 12.1. The summed E-state index contributed by atoms with van der Waals surface area (Å²) in [5.74, 6) is 0. The van der Waals surface area contributed by atoms with Crippen molar-refractivity contribution in [2.75, 3.05) is 45.8 Å². The maximum Gasteiger partial charge on any atom is 0.321 e. The van der Waals surface area contributed by atoms with Crippen LogP contribution in [0.25, 0.3) is 0 Å². The van der Waals surface area contributed by atoms with Crippen LogP contribution in [0.3, 0.4) is 0 Å². The lowest BCUT2D eigenvalue weighted by Gasteiger charge is -2.22. The fraction of sp³-hybridized carbons (Fsp3) is 0.462.